The van der Waals surface area contributed by atoms with Crippen LogP contribution in [0.2, 0.25) is 5.02 Å². The number of nitrogens with zero attached hydrogens (tertiary/aromatic N) is 1. The maximum absolute atomic E-state index is 13.5. The summed E-state index contributed by atoms with van der Waals surface area (Å²) in [4.78, 5) is 28.6. The second kappa shape index (κ2) is 9.31. The number of guanidine groups is 1. The van der Waals surface area contributed by atoms with Gasteiger partial charge in [-0.2, -0.15) is 0 Å². The number of aliphatic imine (C=N–C) groups is 1. The molecule has 0 saturated heterocycles. The fraction of sp³-hybridized carbons (Fsp3) is 0.211. The lowest BCUT2D eigenvalue weighted by Gasteiger charge is -2.19. The van der Waals surface area contributed by atoms with Gasteiger partial charge in [-0.05, 0) is 42.3 Å². The molecular weight excluding hydrogens is 417 g/mol. The Labute approximate surface area is 176 Å². The number of hydrogen-bond acceptors (Lipinski definition) is 5. The lowest BCUT2D eigenvalue weighted by Crippen LogP contribution is -2.38. The smallest absolute Gasteiger partial charge is 0.313 e. The standard InChI is InChI=1S/C19H19ClFN5O4/c20-12-3-2-11(8-13(12)21)25-17(27)18(28)26-14(5-6-24-19(22)23)10-1-4-15-16(7-10)30-9-29-15/h1-4,7-8,14H,5-6,9H2,(H,25,27)(H,26,28)(H4,22,23,24). The number of nitrogens with one attached hydrogen (secondary N) is 2. The number of amides is 2. The molecule has 0 radical (unpaired) electrons. The van der Waals surface area contributed by atoms with Gasteiger partial charge >= 0.3 is 11.8 Å². The third kappa shape index (κ3) is 5.29. The van der Waals surface area contributed by atoms with Crippen LogP contribution in [0.1, 0.15) is 18.0 Å². The number of benzene rings is 2. The van der Waals surface area contributed by atoms with E-state index in [0.717, 1.165) is 6.07 Å². The topological polar surface area (TPSA) is 141 Å². The van der Waals surface area contributed by atoms with Gasteiger partial charge in [0.15, 0.2) is 17.5 Å². The first-order valence-corrected chi connectivity index (χ1v) is 9.23. The highest BCUT2D eigenvalue weighted by molar-refractivity contribution is 6.39. The molecule has 1 atom stereocenters. The number of fused-ring (bicyclic) bond motifs is 1. The van der Waals surface area contributed by atoms with E-state index in [1.807, 2.05) is 0 Å². The van der Waals surface area contributed by atoms with Crippen molar-refractivity contribution in [2.75, 3.05) is 18.7 Å². The molecule has 0 spiro atoms. The van der Waals surface area contributed by atoms with Crippen molar-refractivity contribution < 1.29 is 23.5 Å². The SMILES string of the molecule is NC(N)=NCCC(NC(=O)C(=O)Nc1ccc(Cl)c(F)c1)c1ccc2c(c1)OCO2. The van der Waals surface area contributed by atoms with Crippen LogP contribution >= 0.6 is 11.6 Å². The number of carbonyl (C=O) groups excluding carboxylic acids is 2. The van der Waals surface area contributed by atoms with Crippen LogP contribution in [0, 0.1) is 5.82 Å². The monoisotopic (exact) mass is 435 g/mol. The van der Waals surface area contributed by atoms with E-state index in [2.05, 4.69) is 15.6 Å². The molecule has 0 bridgehead atoms. The first kappa shape index (κ1) is 21.2. The van der Waals surface area contributed by atoms with Crippen molar-refractivity contribution in [1.29, 1.82) is 0 Å². The highest BCUT2D eigenvalue weighted by atomic mass is 35.5. The van der Waals surface area contributed by atoms with Gasteiger partial charge in [0.05, 0.1) is 11.1 Å². The van der Waals surface area contributed by atoms with Crippen LogP contribution in [0.25, 0.3) is 0 Å². The minimum atomic E-state index is -0.968. The Bertz CT molecular complexity index is 997. The number of carbonyl (C=O) groups is 2. The number of rotatable bonds is 6. The average molecular weight is 436 g/mol. The van der Waals surface area contributed by atoms with Crippen LogP contribution < -0.4 is 31.6 Å². The second-order valence-electron chi connectivity index (χ2n) is 6.32. The summed E-state index contributed by atoms with van der Waals surface area (Å²) in [6, 6.07) is 8.22. The van der Waals surface area contributed by atoms with Gasteiger partial charge in [-0.15, -0.1) is 0 Å². The number of anilines is 1. The number of nitrogens with two attached hydrogens (primary N) is 2. The fourth-order valence-corrected chi connectivity index (χ4v) is 2.88. The fourth-order valence-electron chi connectivity index (χ4n) is 2.76. The Kier molecular flexibility index (Phi) is 6.58. The third-order valence-corrected chi connectivity index (χ3v) is 4.51. The average Bonchev–Trinajstić information content (AvgIpc) is 3.17. The van der Waals surface area contributed by atoms with E-state index in [4.69, 9.17) is 32.5 Å². The minimum absolute atomic E-state index is 0.0896. The number of hydrogen-bond donors (Lipinski definition) is 4. The van der Waals surface area contributed by atoms with Crippen molar-refractivity contribution in [3.05, 3.63) is 52.8 Å². The van der Waals surface area contributed by atoms with Gasteiger partial charge in [0.25, 0.3) is 0 Å². The van der Waals surface area contributed by atoms with Gasteiger partial charge in [0, 0.05) is 12.2 Å². The van der Waals surface area contributed by atoms with Crippen molar-refractivity contribution >= 4 is 35.1 Å². The zero-order valence-corrected chi connectivity index (χ0v) is 16.4. The molecule has 1 unspecified atom stereocenters. The van der Waals surface area contributed by atoms with E-state index in [1.54, 1.807) is 18.2 Å². The van der Waals surface area contributed by atoms with E-state index >= 15 is 0 Å². The Morgan fingerprint density at radius 3 is 2.63 bits per heavy atom. The molecule has 9 nitrogen and oxygen atoms in total. The molecule has 6 N–H and O–H groups in total. The van der Waals surface area contributed by atoms with Gasteiger partial charge < -0.3 is 31.6 Å². The minimum Gasteiger partial charge on any atom is -0.454 e. The molecule has 2 aromatic rings. The van der Waals surface area contributed by atoms with Crippen LogP contribution in [-0.2, 0) is 9.59 Å². The first-order valence-electron chi connectivity index (χ1n) is 8.85. The maximum Gasteiger partial charge on any atom is 0.313 e. The van der Waals surface area contributed by atoms with E-state index in [9.17, 15) is 14.0 Å². The van der Waals surface area contributed by atoms with Gasteiger partial charge in [0.1, 0.15) is 5.82 Å². The number of ether oxygens (including phenoxy) is 2. The molecule has 30 heavy (non-hydrogen) atoms. The van der Waals surface area contributed by atoms with Gasteiger partial charge in [-0.25, -0.2) is 4.39 Å². The van der Waals surface area contributed by atoms with Crippen molar-refractivity contribution in [3.8, 4) is 11.5 Å². The van der Waals surface area contributed by atoms with Crippen LogP contribution in [0.4, 0.5) is 10.1 Å². The summed E-state index contributed by atoms with van der Waals surface area (Å²) in [6.45, 7) is 0.315. The van der Waals surface area contributed by atoms with E-state index in [1.165, 1.54) is 12.1 Å². The van der Waals surface area contributed by atoms with E-state index in [-0.39, 0.29) is 30.0 Å². The number of halogens is 2. The summed E-state index contributed by atoms with van der Waals surface area (Å²) in [6.07, 6.45) is 0.312. The molecule has 158 valence electrons. The molecule has 0 aromatic heterocycles. The summed E-state index contributed by atoms with van der Waals surface area (Å²) in [5, 5.41) is 4.85. The lowest BCUT2D eigenvalue weighted by atomic mass is 10.0. The molecule has 3 rings (SSSR count). The van der Waals surface area contributed by atoms with Gasteiger partial charge in [-0.3, -0.25) is 14.6 Å². The summed E-state index contributed by atoms with van der Waals surface area (Å²) in [5.41, 5.74) is 11.5. The van der Waals surface area contributed by atoms with E-state index < -0.39 is 23.7 Å². The normalized spacial score (nSPS) is 12.7. The van der Waals surface area contributed by atoms with Crippen molar-refractivity contribution in [1.82, 2.24) is 5.32 Å². The molecule has 1 aliphatic heterocycles. The maximum atomic E-state index is 13.5. The molecule has 0 saturated carbocycles. The predicted molar refractivity (Wildman–Crippen MR) is 109 cm³/mol. The molecule has 2 aromatic carbocycles. The van der Waals surface area contributed by atoms with Gasteiger partial charge in [-0.1, -0.05) is 17.7 Å². The Balaban J connectivity index is 1.72. The van der Waals surface area contributed by atoms with Gasteiger partial charge in [0.2, 0.25) is 6.79 Å². The molecule has 2 amide bonds. The summed E-state index contributed by atoms with van der Waals surface area (Å²) >= 11 is 5.61. The highest BCUT2D eigenvalue weighted by Gasteiger charge is 2.23. The van der Waals surface area contributed by atoms with Crippen molar-refractivity contribution in [2.24, 2.45) is 16.5 Å². The van der Waals surface area contributed by atoms with Crippen LogP contribution in [0.3, 0.4) is 0 Å². The van der Waals surface area contributed by atoms with Crippen LogP contribution in [0.5, 0.6) is 11.5 Å². The molecule has 1 heterocycles. The molecule has 0 fully saturated rings. The third-order valence-electron chi connectivity index (χ3n) is 4.20. The summed E-state index contributed by atoms with van der Waals surface area (Å²) in [5.74, 6) is -1.59. The Morgan fingerprint density at radius 1 is 1.13 bits per heavy atom. The summed E-state index contributed by atoms with van der Waals surface area (Å²) < 4.78 is 24.2. The molecule has 1 aliphatic rings. The molecule has 0 aliphatic carbocycles. The van der Waals surface area contributed by atoms with Crippen LogP contribution in [0.15, 0.2) is 41.4 Å². The van der Waals surface area contributed by atoms with Crippen LogP contribution in [-0.4, -0.2) is 31.1 Å². The largest absolute Gasteiger partial charge is 0.454 e. The zero-order chi connectivity index (χ0) is 21.7. The first-order chi connectivity index (χ1) is 14.3. The molecular formula is C19H19ClFN5O4. The lowest BCUT2D eigenvalue weighted by molar-refractivity contribution is -0.136. The zero-order valence-electron chi connectivity index (χ0n) is 15.7. The van der Waals surface area contributed by atoms with Crippen molar-refractivity contribution in [2.45, 2.75) is 12.5 Å². The van der Waals surface area contributed by atoms with Crippen molar-refractivity contribution in [3.63, 3.8) is 0 Å². The highest BCUT2D eigenvalue weighted by Crippen LogP contribution is 2.34. The Morgan fingerprint density at radius 2 is 1.90 bits per heavy atom. The quantitative estimate of drug-likeness (QED) is 0.309. The predicted octanol–water partition coefficient (Wildman–Crippen LogP) is 1.67. The van der Waals surface area contributed by atoms with E-state index in [0.29, 0.717) is 23.5 Å². The summed E-state index contributed by atoms with van der Waals surface area (Å²) in [7, 11) is 0. The Hall–Kier alpha value is -3.53. The second-order valence-corrected chi connectivity index (χ2v) is 6.72. The molecule has 11 heteroatoms.